The van der Waals surface area contributed by atoms with E-state index in [0.717, 1.165) is 49.4 Å². The van der Waals surface area contributed by atoms with E-state index in [4.69, 9.17) is 0 Å². The lowest BCUT2D eigenvalue weighted by Gasteiger charge is -2.31. The molecule has 1 saturated heterocycles. The molecular weight excluding hydrogens is 316 g/mol. The minimum absolute atomic E-state index is 0.154. The highest BCUT2D eigenvalue weighted by Gasteiger charge is 2.22. The van der Waals surface area contributed by atoms with Gasteiger partial charge in [-0.15, -0.1) is 0 Å². The molecule has 0 bridgehead atoms. The molecular formula is C18H24N6O. The Labute approximate surface area is 147 Å². The zero-order valence-corrected chi connectivity index (χ0v) is 15.0. The van der Waals surface area contributed by atoms with Crippen molar-refractivity contribution in [2.45, 2.75) is 40.0 Å². The van der Waals surface area contributed by atoms with Gasteiger partial charge in [0, 0.05) is 43.2 Å². The van der Waals surface area contributed by atoms with Crippen molar-refractivity contribution in [1.29, 1.82) is 0 Å². The number of likely N-dealkylation sites (tertiary alicyclic amines) is 1. The van der Waals surface area contributed by atoms with E-state index in [1.807, 2.05) is 30.9 Å². The van der Waals surface area contributed by atoms with Crippen molar-refractivity contribution in [2.75, 3.05) is 18.4 Å². The van der Waals surface area contributed by atoms with Crippen molar-refractivity contribution in [3.05, 3.63) is 35.5 Å². The minimum Gasteiger partial charge on any atom is -0.343 e. The fourth-order valence-corrected chi connectivity index (χ4v) is 3.29. The van der Waals surface area contributed by atoms with Crippen LogP contribution in [0.2, 0.25) is 0 Å². The Morgan fingerprint density at radius 3 is 2.72 bits per heavy atom. The molecule has 1 amide bonds. The van der Waals surface area contributed by atoms with Crippen LogP contribution in [0, 0.1) is 19.8 Å². The average molecular weight is 340 g/mol. The van der Waals surface area contributed by atoms with Gasteiger partial charge in [0.1, 0.15) is 12.1 Å². The summed E-state index contributed by atoms with van der Waals surface area (Å²) >= 11 is 0. The van der Waals surface area contributed by atoms with Gasteiger partial charge in [0.2, 0.25) is 11.9 Å². The first-order valence-electron chi connectivity index (χ1n) is 8.65. The van der Waals surface area contributed by atoms with Crippen molar-refractivity contribution >= 4 is 17.7 Å². The lowest BCUT2D eigenvalue weighted by atomic mass is 9.93. The van der Waals surface area contributed by atoms with Crippen molar-refractivity contribution in [1.82, 2.24) is 24.8 Å². The van der Waals surface area contributed by atoms with Gasteiger partial charge in [-0.05, 0) is 45.1 Å². The second kappa shape index (κ2) is 7.55. The zero-order valence-electron chi connectivity index (χ0n) is 15.0. The Hall–Kier alpha value is -2.57. The van der Waals surface area contributed by atoms with E-state index >= 15 is 0 Å². The number of carbonyl (C=O) groups excluding carboxylic acids is 1. The van der Waals surface area contributed by atoms with Gasteiger partial charge in [-0.1, -0.05) is 0 Å². The first-order chi connectivity index (χ1) is 12.0. The molecule has 1 aliphatic rings. The van der Waals surface area contributed by atoms with Crippen molar-refractivity contribution in [3.8, 4) is 0 Å². The first-order valence-corrected chi connectivity index (χ1v) is 8.65. The number of rotatable bonds is 4. The van der Waals surface area contributed by atoms with Crippen LogP contribution in [-0.2, 0) is 11.2 Å². The Balaban J connectivity index is 1.68. The molecule has 0 saturated carbocycles. The van der Waals surface area contributed by atoms with Crippen LogP contribution in [0.4, 0.5) is 11.8 Å². The molecule has 7 nitrogen and oxygen atoms in total. The normalized spacial score (nSPS) is 17.4. The molecule has 0 unspecified atom stereocenters. The van der Waals surface area contributed by atoms with Crippen LogP contribution in [0.1, 0.15) is 36.8 Å². The van der Waals surface area contributed by atoms with Crippen LogP contribution in [0.5, 0.6) is 0 Å². The molecule has 1 fully saturated rings. The van der Waals surface area contributed by atoms with E-state index in [9.17, 15) is 4.79 Å². The second-order valence-electron chi connectivity index (χ2n) is 6.67. The molecule has 0 aromatic carbocycles. The summed E-state index contributed by atoms with van der Waals surface area (Å²) in [6.07, 6.45) is 4.58. The summed E-state index contributed by atoms with van der Waals surface area (Å²) < 4.78 is 0. The maximum atomic E-state index is 11.6. The maximum absolute atomic E-state index is 11.6. The van der Waals surface area contributed by atoms with Gasteiger partial charge in [-0.2, -0.15) is 0 Å². The summed E-state index contributed by atoms with van der Waals surface area (Å²) in [4.78, 5) is 30.9. The SMILES string of the molecule is CC(=O)N1CCC[C@@H](Cc2cc(Nc3nc(C)cc(C)n3)ncn2)C1. The van der Waals surface area contributed by atoms with Crippen LogP contribution >= 0.6 is 0 Å². The quantitative estimate of drug-likeness (QED) is 0.920. The van der Waals surface area contributed by atoms with Gasteiger partial charge in [0.25, 0.3) is 0 Å². The largest absolute Gasteiger partial charge is 0.343 e. The third-order valence-corrected chi connectivity index (χ3v) is 4.41. The summed E-state index contributed by atoms with van der Waals surface area (Å²) in [5.74, 6) is 1.83. The molecule has 1 atom stereocenters. The lowest BCUT2D eigenvalue weighted by molar-refractivity contribution is -0.130. The summed E-state index contributed by atoms with van der Waals surface area (Å²) in [6, 6.07) is 3.87. The van der Waals surface area contributed by atoms with E-state index in [2.05, 4.69) is 25.3 Å². The number of amides is 1. The number of carbonyl (C=O) groups is 1. The monoisotopic (exact) mass is 340 g/mol. The van der Waals surface area contributed by atoms with E-state index in [-0.39, 0.29) is 5.91 Å². The maximum Gasteiger partial charge on any atom is 0.228 e. The fraction of sp³-hybridized carbons (Fsp3) is 0.500. The minimum atomic E-state index is 0.154. The Bertz CT molecular complexity index is 743. The smallest absolute Gasteiger partial charge is 0.228 e. The van der Waals surface area contributed by atoms with Gasteiger partial charge >= 0.3 is 0 Å². The van der Waals surface area contributed by atoms with E-state index in [1.165, 1.54) is 0 Å². The molecule has 25 heavy (non-hydrogen) atoms. The van der Waals surface area contributed by atoms with E-state index in [0.29, 0.717) is 17.7 Å². The standard InChI is InChI=1S/C18H24N6O/c1-12-7-13(2)22-18(21-12)23-17-9-16(19-11-20-17)8-15-5-4-6-24(10-15)14(3)25/h7,9,11,15H,4-6,8,10H2,1-3H3,(H,19,20,21,22,23)/t15-/m0/s1. The number of nitrogens with zero attached hydrogens (tertiary/aromatic N) is 5. The van der Waals surface area contributed by atoms with Crippen LogP contribution in [0.3, 0.4) is 0 Å². The second-order valence-corrected chi connectivity index (χ2v) is 6.67. The van der Waals surface area contributed by atoms with E-state index < -0.39 is 0 Å². The number of aromatic nitrogens is 4. The first kappa shape index (κ1) is 17.3. The predicted octanol–water partition coefficient (Wildman–Crippen LogP) is 2.43. The van der Waals surface area contributed by atoms with Crippen LogP contribution in [0.25, 0.3) is 0 Å². The van der Waals surface area contributed by atoms with Gasteiger partial charge in [0.05, 0.1) is 0 Å². The number of piperidine rings is 1. The third-order valence-electron chi connectivity index (χ3n) is 4.41. The average Bonchev–Trinajstić information content (AvgIpc) is 2.54. The third kappa shape index (κ3) is 4.71. The Morgan fingerprint density at radius 1 is 1.24 bits per heavy atom. The molecule has 3 rings (SSSR count). The molecule has 3 heterocycles. The molecule has 1 aliphatic heterocycles. The highest BCUT2D eigenvalue weighted by Crippen LogP contribution is 2.21. The summed E-state index contributed by atoms with van der Waals surface area (Å²) in [7, 11) is 0. The number of nitrogens with one attached hydrogen (secondary N) is 1. The van der Waals surface area contributed by atoms with Crippen LogP contribution < -0.4 is 5.32 Å². The van der Waals surface area contributed by atoms with Gasteiger partial charge in [0.15, 0.2) is 0 Å². The fourth-order valence-electron chi connectivity index (χ4n) is 3.29. The van der Waals surface area contributed by atoms with Gasteiger partial charge < -0.3 is 10.2 Å². The Kier molecular flexibility index (Phi) is 5.21. The summed E-state index contributed by atoms with van der Waals surface area (Å²) in [5.41, 5.74) is 2.80. The molecule has 2 aromatic rings. The van der Waals surface area contributed by atoms with Crippen molar-refractivity contribution in [2.24, 2.45) is 5.92 Å². The molecule has 0 spiro atoms. The molecule has 1 N–H and O–H groups in total. The van der Waals surface area contributed by atoms with E-state index in [1.54, 1.807) is 13.3 Å². The van der Waals surface area contributed by atoms with Gasteiger partial charge in [-0.25, -0.2) is 19.9 Å². The van der Waals surface area contributed by atoms with Crippen LogP contribution in [0.15, 0.2) is 18.5 Å². The van der Waals surface area contributed by atoms with Crippen molar-refractivity contribution in [3.63, 3.8) is 0 Å². The summed E-state index contributed by atoms with van der Waals surface area (Å²) in [6.45, 7) is 7.19. The molecule has 132 valence electrons. The van der Waals surface area contributed by atoms with Crippen LogP contribution in [-0.4, -0.2) is 43.8 Å². The highest BCUT2D eigenvalue weighted by atomic mass is 16.2. The predicted molar refractivity (Wildman–Crippen MR) is 95.5 cm³/mol. The lowest BCUT2D eigenvalue weighted by Crippen LogP contribution is -2.39. The number of aryl methyl sites for hydroxylation is 2. The van der Waals surface area contributed by atoms with Crippen molar-refractivity contribution < 1.29 is 4.79 Å². The molecule has 0 aliphatic carbocycles. The highest BCUT2D eigenvalue weighted by molar-refractivity contribution is 5.73. The molecule has 7 heteroatoms. The molecule has 2 aromatic heterocycles. The Morgan fingerprint density at radius 2 is 2.00 bits per heavy atom. The topological polar surface area (TPSA) is 83.9 Å². The molecule has 0 radical (unpaired) electrons. The number of hydrogen-bond donors (Lipinski definition) is 1. The zero-order chi connectivity index (χ0) is 17.8. The number of anilines is 2. The van der Waals surface area contributed by atoms with Gasteiger partial charge in [-0.3, -0.25) is 4.79 Å². The summed E-state index contributed by atoms with van der Waals surface area (Å²) in [5, 5.41) is 3.15. The number of hydrogen-bond acceptors (Lipinski definition) is 6.